The van der Waals surface area contributed by atoms with Gasteiger partial charge < -0.3 is 9.40 Å². The predicted molar refractivity (Wildman–Crippen MR) is 87.0 cm³/mol. The van der Waals surface area contributed by atoms with Gasteiger partial charge in [0.05, 0.1) is 16.5 Å². The molecule has 4 aromatic rings. The van der Waals surface area contributed by atoms with Crippen LogP contribution in [0.4, 0.5) is 0 Å². The number of hydrogen-bond acceptors (Lipinski definition) is 3. The molecule has 0 aliphatic rings. The highest BCUT2D eigenvalue weighted by molar-refractivity contribution is 5.96. The standard InChI is InChI=1S/C18H14N2O2/c1-10-5-3-7-13-15(10)12(9-19-13)17-20-14-8-4-6-11(2)16(14)18(21)22-17/h3-9,19H,1-2H3. The van der Waals surface area contributed by atoms with Crippen LogP contribution in [0.2, 0.25) is 0 Å². The van der Waals surface area contributed by atoms with E-state index in [2.05, 4.69) is 9.97 Å². The molecule has 0 amide bonds. The second kappa shape index (κ2) is 4.56. The van der Waals surface area contributed by atoms with Crippen LogP contribution in [0.1, 0.15) is 11.1 Å². The molecular formula is C18H14N2O2. The van der Waals surface area contributed by atoms with Gasteiger partial charge in [-0.15, -0.1) is 0 Å². The summed E-state index contributed by atoms with van der Waals surface area (Å²) in [6.45, 7) is 3.92. The van der Waals surface area contributed by atoms with Crippen LogP contribution < -0.4 is 5.63 Å². The van der Waals surface area contributed by atoms with Crippen LogP contribution in [0.15, 0.2) is 51.8 Å². The Balaban J connectivity index is 2.07. The number of aromatic amines is 1. The van der Waals surface area contributed by atoms with Crippen molar-refractivity contribution in [1.82, 2.24) is 9.97 Å². The summed E-state index contributed by atoms with van der Waals surface area (Å²) in [6, 6.07) is 11.6. The van der Waals surface area contributed by atoms with Gasteiger partial charge in [0, 0.05) is 17.1 Å². The summed E-state index contributed by atoms with van der Waals surface area (Å²) in [5.74, 6) is 0.351. The summed E-state index contributed by atoms with van der Waals surface area (Å²) in [4.78, 5) is 20.1. The van der Waals surface area contributed by atoms with Crippen molar-refractivity contribution in [3.8, 4) is 11.5 Å². The van der Waals surface area contributed by atoms with E-state index in [1.54, 1.807) is 0 Å². The summed E-state index contributed by atoms with van der Waals surface area (Å²) in [5.41, 5.74) is 4.12. The monoisotopic (exact) mass is 290 g/mol. The average Bonchev–Trinajstić information content (AvgIpc) is 2.92. The third-order valence-corrected chi connectivity index (χ3v) is 4.01. The van der Waals surface area contributed by atoms with E-state index in [0.717, 1.165) is 27.6 Å². The van der Waals surface area contributed by atoms with Crippen molar-refractivity contribution in [3.05, 3.63) is 64.1 Å². The maximum absolute atomic E-state index is 12.3. The quantitative estimate of drug-likeness (QED) is 0.577. The Morgan fingerprint density at radius 3 is 2.55 bits per heavy atom. The van der Waals surface area contributed by atoms with Crippen LogP contribution in [0.5, 0.6) is 0 Å². The normalized spacial score (nSPS) is 11.4. The van der Waals surface area contributed by atoms with Gasteiger partial charge >= 0.3 is 5.63 Å². The van der Waals surface area contributed by atoms with Gasteiger partial charge in [0.1, 0.15) is 0 Å². The first-order valence-electron chi connectivity index (χ1n) is 7.12. The lowest BCUT2D eigenvalue weighted by Crippen LogP contribution is -2.04. The number of fused-ring (bicyclic) bond motifs is 2. The first kappa shape index (κ1) is 12.8. The Hall–Kier alpha value is -2.88. The third-order valence-electron chi connectivity index (χ3n) is 4.01. The van der Waals surface area contributed by atoms with Gasteiger partial charge in [-0.1, -0.05) is 24.3 Å². The molecule has 2 aromatic carbocycles. The SMILES string of the molecule is Cc1cccc2[nH]cc(-c3nc4cccc(C)c4c(=O)o3)c12. The second-order valence-corrected chi connectivity index (χ2v) is 5.48. The molecule has 1 N–H and O–H groups in total. The molecule has 2 heterocycles. The largest absolute Gasteiger partial charge is 0.403 e. The van der Waals surface area contributed by atoms with Crippen molar-refractivity contribution in [2.75, 3.05) is 0 Å². The van der Waals surface area contributed by atoms with E-state index in [0.29, 0.717) is 16.8 Å². The smallest absolute Gasteiger partial charge is 0.347 e. The van der Waals surface area contributed by atoms with Crippen molar-refractivity contribution in [2.24, 2.45) is 0 Å². The lowest BCUT2D eigenvalue weighted by molar-refractivity contribution is 0.518. The van der Waals surface area contributed by atoms with E-state index in [-0.39, 0.29) is 5.63 Å². The van der Waals surface area contributed by atoms with Crippen molar-refractivity contribution in [2.45, 2.75) is 13.8 Å². The minimum absolute atomic E-state index is 0.346. The van der Waals surface area contributed by atoms with Crippen LogP contribution in [0, 0.1) is 13.8 Å². The van der Waals surface area contributed by atoms with Gasteiger partial charge in [0.15, 0.2) is 0 Å². The van der Waals surface area contributed by atoms with Crippen molar-refractivity contribution in [1.29, 1.82) is 0 Å². The molecular weight excluding hydrogens is 276 g/mol. The molecule has 0 saturated heterocycles. The molecule has 4 heteroatoms. The Bertz CT molecular complexity index is 1070. The van der Waals surface area contributed by atoms with Gasteiger partial charge in [0.25, 0.3) is 0 Å². The fraction of sp³-hybridized carbons (Fsp3) is 0.111. The number of H-pyrrole nitrogens is 1. The molecule has 108 valence electrons. The van der Waals surface area contributed by atoms with Gasteiger partial charge in [-0.2, -0.15) is 0 Å². The molecule has 4 nitrogen and oxygen atoms in total. The fourth-order valence-electron chi connectivity index (χ4n) is 2.93. The predicted octanol–water partition coefficient (Wildman–Crippen LogP) is 3.95. The number of nitrogens with zero attached hydrogens (tertiary/aromatic N) is 1. The molecule has 0 unspecified atom stereocenters. The van der Waals surface area contributed by atoms with E-state index < -0.39 is 0 Å². The summed E-state index contributed by atoms with van der Waals surface area (Å²) < 4.78 is 5.49. The van der Waals surface area contributed by atoms with Crippen molar-refractivity contribution >= 4 is 21.8 Å². The lowest BCUT2D eigenvalue weighted by atomic mass is 10.1. The van der Waals surface area contributed by atoms with Gasteiger partial charge in [0.2, 0.25) is 5.89 Å². The number of hydrogen-bond donors (Lipinski definition) is 1. The fourth-order valence-corrected chi connectivity index (χ4v) is 2.93. The highest BCUT2D eigenvalue weighted by Crippen LogP contribution is 2.30. The topological polar surface area (TPSA) is 58.9 Å². The maximum atomic E-state index is 12.3. The highest BCUT2D eigenvalue weighted by Gasteiger charge is 2.14. The molecule has 0 atom stereocenters. The Morgan fingerprint density at radius 1 is 1.00 bits per heavy atom. The molecule has 0 fully saturated rings. The molecule has 0 aliphatic carbocycles. The average molecular weight is 290 g/mol. The molecule has 0 saturated carbocycles. The molecule has 0 bridgehead atoms. The van der Waals surface area contributed by atoms with Crippen LogP contribution in [0.25, 0.3) is 33.3 Å². The summed E-state index contributed by atoms with van der Waals surface area (Å²) in [6.07, 6.45) is 1.84. The van der Waals surface area contributed by atoms with Gasteiger partial charge in [-0.05, 0) is 37.1 Å². The second-order valence-electron chi connectivity index (χ2n) is 5.48. The van der Waals surface area contributed by atoms with Gasteiger partial charge in [-0.3, -0.25) is 0 Å². The minimum Gasteiger partial charge on any atom is -0.403 e. The number of benzene rings is 2. The zero-order chi connectivity index (χ0) is 15.3. The highest BCUT2D eigenvalue weighted by atomic mass is 16.4. The van der Waals surface area contributed by atoms with E-state index in [4.69, 9.17) is 4.42 Å². The van der Waals surface area contributed by atoms with E-state index >= 15 is 0 Å². The van der Waals surface area contributed by atoms with Crippen LogP contribution in [-0.4, -0.2) is 9.97 Å². The van der Waals surface area contributed by atoms with Crippen molar-refractivity contribution in [3.63, 3.8) is 0 Å². The first-order chi connectivity index (χ1) is 10.6. The molecule has 0 radical (unpaired) electrons. The third kappa shape index (κ3) is 1.77. The summed E-state index contributed by atoms with van der Waals surface area (Å²) in [5, 5.41) is 1.58. The number of aromatic nitrogens is 2. The van der Waals surface area contributed by atoms with Crippen LogP contribution >= 0.6 is 0 Å². The lowest BCUT2D eigenvalue weighted by Gasteiger charge is -2.03. The maximum Gasteiger partial charge on any atom is 0.347 e. The van der Waals surface area contributed by atoms with E-state index in [9.17, 15) is 4.79 Å². The first-order valence-corrected chi connectivity index (χ1v) is 7.12. The Morgan fingerprint density at radius 2 is 1.73 bits per heavy atom. The summed E-state index contributed by atoms with van der Waals surface area (Å²) >= 11 is 0. The zero-order valence-corrected chi connectivity index (χ0v) is 12.3. The molecule has 22 heavy (non-hydrogen) atoms. The Labute approximate surface area is 126 Å². The Kier molecular flexibility index (Phi) is 2.66. The molecule has 0 aliphatic heterocycles. The number of nitrogens with one attached hydrogen (secondary N) is 1. The van der Waals surface area contributed by atoms with E-state index in [1.165, 1.54) is 0 Å². The zero-order valence-electron chi connectivity index (χ0n) is 12.3. The van der Waals surface area contributed by atoms with Crippen LogP contribution in [-0.2, 0) is 0 Å². The summed E-state index contributed by atoms with van der Waals surface area (Å²) in [7, 11) is 0. The molecule has 4 rings (SSSR count). The van der Waals surface area contributed by atoms with E-state index in [1.807, 2.05) is 56.4 Å². The van der Waals surface area contributed by atoms with Crippen LogP contribution in [0.3, 0.4) is 0 Å². The number of aryl methyl sites for hydroxylation is 2. The van der Waals surface area contributed by atoms with Crippen molar-refractivity contribution < 1.29 is 4.42 Å². The number of rotatable bonds is 1. The minimum atomic E-state index is -0.346. The molecule has 2 aromatic heterocycles. The molecule has 0 spiro atoms. The van der Waals surface area contributed by atoms with Gasteiger partial charge in [-0.25, -0.2) is 9.78 Å².